The van der Waals surface area contributed by atoms with Gasteiger partial charge in [0.2, 0.25) is 0 Å². The summed E-state index contributed by atoms with van der Waals surface area (Å²) in [6.07, 6.45) is 1.81. The van der Waals surface area contributed by atoms with Crippen LogP contribution >= 0.6 is 0 Å². The predicted octanol–water partition coefficient (Wildman–Crippen LogP) is 1.96. The maximum Gasteiger partial charge on any atom is 0.178 e. The van der Waals surface area contributed by atoms with Crippen molar-refractivity contribution in [1.82, 2.24) is 39.6 Å². The first-order valence-corrected chi connectivity index (χ1v) is 10.2. The average molecular weight is 406 g/mol. The Morgan fingerprint density at radius 1 is 1.13 bits per heavy atom. The summed E-state index contributed by atoms with van der Waals surface area (Å²) in [5.41, 5.74) is 1.52. The highest BCUT2D eigenvalue weighted by Crippen LogP contribution is 2.26. The zero-order chi connectivity index (χ0) is 21.0. The second-order valence-electron chi connectivity index (χ2n) is 9.01. The summed E-state index contributed by atoms with van der Waals surface area (Å²) in [6, 6.07) is 4.01. The number of rotatable bonds is 4. The second kappa shape index (κ2) is 6.61. The first-order valence-electron chi connectivity index (χ1n) is 10.2. The molecule has 0 bridgehead atoms. The van der Waals surface area contributed by atoms with Gasteiger partial charge in [0.1, 0.15) is 17.5 Å². The van der Waals surface area contributed by atoms with Crippen LogP contribution in [0.4, 0.5) is 11.6 Å². The molecule has 5 rings (SSSR count). The van der Waals surface area contributed by atoms with E-state index in [4.69, 9.17) is 5.10 Å². The maximum absolute atomic E-state index is 4.80. The van der Waals surface area contributed by atoms with Crippen LogP contribution in [-0.2, 0) is 12.5 Å². The van der Waals surface area contributed by atoms with Gasteiger partial charge in [0.05, 0.1) is 11.6 Å². The third-order valence-corrected chi connectivity index (χ3v) is 5.46. The van der Waals surface area contributed by atoms with E-state index in [1.165, 1.54) is 0 Å². The van der Waals surface area contributed by atoms with Crippen molar-refractivity contribution in [3.8, 4) is 0 Å². The van der Waals surface area contributed by atoms with Gasteiger partial charge in [0, 0.05) is 38.0 Å². The SMILES string of the molecule is Cc1nc(NCC2CN(c3ccc4nnc(C(C)(C)C)n4n3)C2)c2cnn(C)c2n1. The Balaban J connectivity index is 1.27. The monoisotopic (exact) mass is 406 g/mol. The largest absolute Gasteiger partial charge is 0.369 e. The van der Waals surface area contributed by atoms with Gasteiger partial charge in [-0.3, -0.25) is 4.68 Å². The Labute approximate surface area is 174 Å². The molecule has 0 unspecified atom stereocenters. The summed E-state index contributed by atoms with van der Waals surface area (Å²) in [6.45, 7) is 11.0. The molecule has 0 aromatic carbocycles. The molecule has 1 N–H and O–H groups in total. The summed E-state index contributed by atoms with van der Waals surface area (Å²) >= 11 is 0. The number of anilines is 2. The number of hydrogen-bond donors (Lipinski definition) is 1. The van der Waals surface area contributed by atoms with Gasteiger partial charge < -0.3 is 10.2 Å². The minimum atomic E-state index is -0.111. The molecular weight excluding hydrogens is 380 g/mol. The van der Waals surface area contributed by atoms with Gasteiger partial charge in [0.15, 0.2) is 17.1 Å². The van der Waals surface area contributed by atoms with Crippen LogP contribution in [0.2, 0.25) is 0 Å². The predicted molar refractivity (Wildman–Crippen MR) is 115 cm³/mol. The van der Waals surface area contributed by atoms with E-state index < -0.39 is 0 Å². The summed E-state index contributed by atoms with van der Waals surface area (Å²) in [7, 11) is 1.90. The van der Waals surface area contributed by atoms with Crippen molar-refractivity contribution in [2.24, 2.45) is 13.0 Å². The van der Waals surface area contributed by atoms with E-state index in [2.05, 4.69) is 56.3 Å². The van der Waals surface area contributed by atoms with Crippen LogP contribution in [0, 0.1) is 12.8 Å². The molecule has 4 aromatic rings. The van der Waals surface area contributed by atoms with Crippen LogP contribution in [0.3, 0.4) is 0 Å². The standard InChI is InChI=1S/C20H26N10/c1-12-23-17(14-9-22-28(5)18(14)24-12)21-8-13-10-29(11-13)16-7-6-15-25-26-19(20(2,3)4)30(15)27-16/h6-7,9,13H,8,10-11H2,1-5H3,(H,21,23,24). The summed E-state index contributed by atoms with van der Waals surface area (Å²) in [4.78, 5) is 11.3. The molecule has 0 radical (unpaired) electrons. The molecule has 1 aliphatic rings. The fourth-order valence-corrected chi connectivity index (χ4v) is 3.81. The second-order valence-corrected chi connectivity index (χ2v) is 9.01. The Morgan fingerprint density at radius 3 is 2.70 bits per heavy atom. The molecule has 4 aromatic heterocycles. The molecule has 10 nitrogen and oxygen atoms in total. The lowest BCUT2D eigenvalue weighted by atomic mass is 9.96. The Kier molecular flexibility index (Phi) is 4.12. The van der Waals surface area contributed by atoms with Gasteiger partial charge >= 0.3 is 0 Å². The van der Waals surface area contributed by atoms with E-state index in [1.807, 2.05) is 36.8 Å². The van der Waals surface area contributed by atoms with Crippen molar-refractivity contribution in [2.45, 2.75) is 33.1 Å². The first kappa shape index (κ1) is 18.7. The average Bonchev–Trinajstić information content (AvgIpc) is 3.24. The lowest BCUT2D eigenvalue weighted by Gasteiger charge is -2.40. The summed E-state index contributed by atoms with van der Waals surface area (Å²) in [5, 5.41) is 22.1. The topological polar surface area (TPSA) is 102 Å². The van der Waals surface area contributed by atoms with Crippen LogP contribution in [0.25, 0.3) is 16.7 Å². The Hall–Kier alpha value is -3.30. The van der Waals surface area contributed by atoms with Crippen LogP contribution in [-0.4, -0.2) is 59.2 Å². The van der Waals surface area contributed by atoms with E-state index >= 15 is 0 Å². The molecule has 1 fully saturated rings. The number of nitrogens with zero attached hydrogens (tertiary/aromatic N) is 9. The van der Waals surface area contributed by atoms with Crippen molar-refractivity contribution in [1.29, 1.82) is 0 Å². The number of aryl methyl sites for hydroxylation is 2. The van der Waals surface area contributed by atoms with Crippen molar-refractivity contribution in [2.75, 3.05) is 29.9 Å². The fourth-order valence-electron chi connectivity index (χ4n) is 3.81. The van der Waals surface area contributed by atoms with E-state index in [9.17, 15) is 0 Å². The third kappa shape index (κ3) is 3.12. The normalized spacial score (nSPS) is 15.2. The van der Waals surface area contributed by atoms with Crippen LogP contribution < -0.4 is 10.2 Å². The van der Waals surface area contributed by atoms with Crippen molar-refractivity contribution in [3.63, 3.8) is 0 Å². The molecule has 1 aliphatic heterocycles. The van der Waals surface area contributed by atoms with Crippen molar-refractivity contribution < 1.29 is 0 Å². The lowest BCUT2D eigenvalue weighted by Crippen LogP contribution is -2.50. The van der Waals surface area contributed by atoms with E-state index in [1.54, 1.807) is 4.68 Å². The fraction of sp³-hybridized carbons (Fsp3) is 0.500. The number of fused-ring (bicyclic) bond motifs is 2. The zero-order valence-corrected chi connectivity index (χ0v) is 18.0. The van der Waals surface area contributed by atoms with Gasteiger partial charge in [-0.2, -0.15) is 9.61 Å². The number of hydrogen-bond acceptors (Lipinski definition) is 8. The molecule has 30 heavy (non-hydrogen) atoms. The van der Waals surface area contributed by atoms with E-state index in [0.29, 0.717) is 5.92 Å². The molecule has 0 aliphatic carbocycles. The quantitative estimate of drug-likeness (QED) is 0.549. The van der Waals surface area contributed by atoms with Gasteiger partial charge in [-0.05, 0) is 19.1 Å². The summed E-state index contributed by atoms with van der Waals surface area (Å²) < 4.78 is 3.64. The molecule has 10 heteroatoms. The maximum atomic E-state index is 4.80. The zero-order valence-electron chi connectivity index (χ0n) is 18.0. The van der Waals surface area contributed by atoms with E-state index in [-0.39, 0.29) is 5.41 Å². The molecule has 1 saturated heterocycles. The van der Waals surface area contributed by atoms with Crippen molar-refractivity contribution in [3.05, 3.63) is 30.0 Å². The van der Waals surface area contributed by atoms with Gasteiger partial charge in [-0.1, -0.05) is 20.8 Å². The molecular formula is C20H26N10. The Bertz CT molecular complexity index is 1230. The number of nitrogens with one attached hydrogen (secondary N) is 1. The lowest BCUT2D eigenvalue weighted by molar-refractivity contribution is 0.423. The van der Waals surface area contributed by atoms with Crippen molar-refractivity contribution >= 4 is 28.3 Å². The minimum absolute atomic E-state index is 0.111. The third-order valence-electron chi connectivity index (χ3n) is 5.46. The summed E-state index contributed by atoms with van der Waals surface area (Å²) in [5.74, 6) is 3.94. The Morgan fingerprint density at radius 2 is 1.93 bits per heavy atom. The van der Waals surface area contributed by atoms with Crippen LogP contribution in [0.1, 0.15) is 32.4 Å². The molecule has 0 atom stereocenters. The first-order chi connectivity index (χ1) is 14.3. The smallest absolute Gasteiger partial charge is 0.178 e. The minimum Gasteiger partial charge on any atom is -0.369 e. The molecule has 156 valence electrons. The van der Waals surface area contributed by atoms with Crippen LogP contribution in [0.5, 0.6) is 0 Å². The molecule has 0 amide bonds. The highest BCUT2D eigenvalue weighted by molar-refractivity contribution is 5.86. The highest BCUT2D eigenvalue weighted by Gasteiger charge is 2.29. The van der Waals surface area contributed by atoms with E-state index in [0.717, 1.165) is 59.6 Å². The molecule has 0 saturated carbocycles. The molecule has 5 heterocycles. The van der Waals surface area contributed by atoms with Gasteiger partial charge in [-0.25, -0.2) is 9.97 Å². The van der Waals surface area contributed by atoms with Crippen LogP contribution in [0.15, 0.2) is 18.3 Å². The molecule has 0 spiro atoms. The highest BCUT2D eigenvalue weighted by atomic mass is 15.4. The number of aromatic nitrogens is 8. The van der Waals surface area contributed by atoms with Gasteiger partial charge in [-0.15, -0.1) is 15.3 Å². The van der Waals surface area contributed by atoms with Gasteiger partial charge in [0.25, 0.3) is 0 Å².